The number of hydrogen-bond acceptors (Lipinski definition) is 2. The van der Waals surface area contributed by atoms with Crippen LogP contribution in [0.25, 0.3) is 0 Å². The standard InChI is InChI=1S/C15H20F3NO/c1-20-11-13-7-4-5-9-19(13)10-12-6-2-3-8-14(12)15(16,17)18/h2-3,6,8,13H,4-5,7,9-11H2,1H3/t13-/m0/s1. The molecule has 0 amide bonds. The summed E-state index contributed by atoms with van der Waals surface area (Å²) in [6, 6.07) is 6.05. The Morgan fingerprint density at radius 1 is 1.25 bits per heavy atom. The SMILES string of the molecule is COC[C@@H]1CCCCN1Cc1ccccc1C(F)(F)F. The number of nitrogens with zero attached hydrogens (tertiary/aromatic N) is 1. The zero-order valence-corrected chi connectivity index (χ0v) is 11.6. The second-order valence-corrected chi connectivity index (χ2v) is 5.23. The maximum Gasteiger partial charge on any atom is 0.416 e. The summed E-state index contributed by atoms with van der Waals surface area (Å²) in [5.74, 6) is 0. The molecule has 0 aliphatic carbocycles. The molecule has 0 saturated carbocycles. The monoisotopic (exact) mass is 287 g/mol. The molecule has 20 heavy (non-hydrogen) atoms. The first kappa shape index (κ1) is 15.3. The molecule has 0 N–H and O–H groups in total. The quantitative estimate of drug-likeness (QED) is 0.837. The van der Waals surface area contributed by atoms with Crippen LogP contribution >= 0.6 is 0 Å². The van der Waals surface area contributed by atoms with Gasteiger partial charge in [0.15, 0.2) is 0 Å². The third-order valence-electron chi connectivity index (χ3n) is 3.80. The average molecular weight is 287 g/mol. The number of rotatable bonds is 4. The Hall–Kier alpha value is -1.07. The van der Waals surface area contributed by atoms with Crippen LogP contribution in [0, 0.1) is 0 Å². The summed E-state index contributed by atoms with van der Waals surface area (Å²) in [5.41, 5.74) is -0.176. The zero-order valence-electron chi connectivity index (χ0n) is 11.6. The molecule has 1 aromatic carbocycles. The fourth-order valence-electron chi connectivity index (χ4n) is 2.80. The summed E-state index contributed by atoms with van der Waals surface area (Å²) >= 11 is 0. The van der Waals surface area contributed by atoms with Gasteiger partial charge >= 0.3 is 6.18 Å². The molecule has 0 spiro atoms. The Morgan fingerprint density at radius 2 is 2.00 bits per heavy atom. The van der Waals surface area contributed by atoms with Gasteiger partial charge in [0.25, 0.3) is 0 Å². The van der Waals surface area contributed by atoms with Crippen molar-refractivity contribution in [1.82, 2.24) is 4.90 Å². The van der Waals surface area contributed by atoms with Gasteiger partial charge in [-0.05, 0) is 31.0 Å². The van der Waals surface area contributed by atoms with Gasteiger partial charge in [-0.25, -0.2) is 0 Å². The Bertz CT molecular complexity index is 431. The van der Waals surface area contributed by atoms with Crippen LogP contribution in [0.1, 0.15) is 30.4 Å². The van der Waals surface area contributed by atoms with Crippen LogP contribution in [0.3, 0.4) is 0 Å². The van der Waals surface area contributed by atoms with Crippen molar-refractivity contribution >= 4 is 0 Å². The van der Waals surface area contributed by atoms with Gasteiger partial charge in [-0.15, -0.1) is 0 Å². The van der Waals surface area contributed by atoms with Gasteiger partial charge in [-0.3, -0.25) is 4.90 Å². The van der Waals surface area contributed by atoms with Gasteiger partial charge in [0.05, 0.1) is 12.2 Å². The number of hydrogen-bond donors (Lipinski definition) is 0. The Balaban J connectivity index is 2.16. The molecule has 1 heterocycles. The molecule has 2 rings (SSSR count). The summed E-state index contributed by atoms with van der Waals surface area (Å²) in [6.45, 7) is 1.75. The maximum atomic E-state index is 13.0. The summed E-state index contributed by atoms with van der Waals surface area (Å²) in [5, 5.41) is 0. The van der Waals surface area contributed by atoms with Crippen molar-refractivity contribution in [2.75, 3.05) is 20.3 Å². The highest BCUT2D eigenvalue weighted by molar-refractivity contribution is 5.29. The number of methoxy groups -OCH3 is 1. The summed E-state index contributed by atoms with van der Waals surface area (Å²) in [6.07, 6.45) is -1.15. The van der Waals surface area contributed by atoms with E-state index in [4.69, 9.17) is 4.74 Å². The molecule has 1 aromatic rings. The lowest BCUT2D eigenvalue weighted by atomic mass is 10.00. The Labute approximate surface area is 117 Å². The zero-order chi connectivity index (χ0) is 14.6. The molecular weight excluding hydrogens is 267 g/mol. The number of benzene rings is 1. The first-order valence-corrected chi connectivity index (χ1v) is 6.90. The molecule has 1 aliphatic heterocycles. The van der Waals surface area contributed by atoms with E-state index in [1.54, 1.807) is 19.2 Å². The second-order valence-electron chi connectivity index (χ2n) is 5.23. The predicted molar refractivity (Wildman–Crippen MR) is 71.4 cm³/mol. The molecule has 0 unspecified atom stereocenters. The minimum absolute atomic E-state index is 0.218. The van der Waals surface area contributed by atoms with Crippen molar-refractivity contribution < 1.29 is 17.9 Å². The van der Waals surface area contributed by atoms with Gasteiger partial charge in [0.1, 0.15) is 0 Å². The van der Waals surface area contributed by atoms with E-state index in [0.29, 0.717) is 18.7 Å². The summed E-state index contributed by atoms with van der Waals surface area (Å²) in [7, 11) is 1.64. The van der Waals surface area contributed by atoms with Gasteiger partial charge in [-0.2, -0.15) is 13.2 Å². The van der Waals surface area contributed by atoms with Crippen LogP contribution in [0.15, 0.2) is 24.3 Å². The lowest BCUT2D eigenvalue weighted by Gasteiger charge is -2.35. The minimum atomic E-state index is -4.29. The number of ether oxygens (including phenoxy) is 1. The number of piperidine rings is 1. The van der Waals surface area contributed by atoms with E-state index < -0.39 is 11.7 Å². The lowest BCUT2D eigenvalue weighted by Crippen LogP contribution is -2.41. The molecule has 0 radical (unpaired) electrons. The molecule has 1 aliphatic rings. The third-order valence-corrected chi connectivity index (χ3v) is 3.80. The molecule has 5 heteroatoms. The van der Waals surface area contributed by atoms with Crippen LogP contribution in [0.5, 0.6) is 0 Å². The average Bonchev–Trinajstić information content (AvgIpc) is 2.41. The van der Waals surface area contributed by atoms with Crippen molar-refractivity contribution in [3.63, 3.8) is 0 Å². The van der Waals surface area contributed by atoms with E-state index >= 15 is 0 Å². The van der Waals surface area contributed by atoms with Crippen molar-refractivity contribution in [2.24, 2.45) is 0 Å². The Morgan fingerprint density at radius 3 is 2.70 bits per heavy atom. The van der Waals surface area contributed by atoms with Crippen molar-refractivity contribution in [1.29, 1.82) is 0 Å². The Kier molecular flexibility index (Phi) is 5.05. The van der Waals surface area contributed by atoms with Crippen molar-refractivity contribution in [3.05, 3.63) is 35.4 Å². The van der Waals surface area contributed by atoms with E-state index in [0.717, 1.165) is 31.9 Å². The highest BCUT2D eigenvalue weighted by atomic mass is 19.4. The number of alkyl halides is 3. The fourth-order valence-corrected chi connectivity index (χ4v) is 2.80. The highest BCUT2D eigenvalue weighted by Gasteiger charge is 2.34. The minimum Gasteiger partial charge on any atom is -0.383 e. The van der Waals surface area contributed by atoms with Gasteiger partial charge < -0.3 is 4.74 Å². The first-order valence-electron chi connectivity index (χ1n) is 6.90. The molecule has 1 fully saturated rings. The van der Waals surface area contributed by atoms with Crippen molar-refractivity contribution in [3.8, 4) is 0 Å². The van der Waals surface area contributed by atoms with Crippen LogP contribution in [0.2, 0.25) is 0 Å². The lowest BCUT2D eigenvalue weighted by molar-refractivity contribution is -0.138. The van der Waals surface area contributed by atoms with E-state index in [1.165, 1.54) is 6.07 Å². The molecule has 112 valence electrons. The van der Waals surface area contributed by atoms with Gasteiger partial charge in [0, 0.05) is 19.7 Å². The van der Waals surface area contributed by atoms with Gasteiger partial charge in [0.2, 0.25) is 0 Å². The maximum absolute atomic E-state index is 13.0. The topological polar surface area (TPSA) is 12.5 Å². The van der Waals surface area contributed by atoms with Crippen molar-refractivity contribution in [2.45, 2.75) is 38.0 Å². The third kappa shape index (κ3) is 3.73. The van der Waals surface area contributed by atoms with Gasteiger partial charge in [-0.1, -0.05) is 24.6 Å². The molecule has 0 bridgehead atoms. The molecule has 0 aromatic heterocycles. The normalized spacial score (nSPS) is 21.1. The van der Waals surface area contributed by atoms with E-state index in [-0.39, 0.29) is 6.04 Å². The molecule has 1 atom stereocenters. The molecular formula is C15H20F3NO. The van der Waals surface area contributed by atoms with Crippen LogP contribution < -0.4 is 0 Å². The number of likely N-dealkylation sites (tertiary alicyclic amines) is 1. The van der Waals surface area contributed by atoms with E-state index in [1.807, 2.05) is 0 Å². The number of halogens is 3. The van der Waals surface area contributed by atoms with Crippen LogP contribution in [0.4, 0.5) is 13.2 Å². The predicted octanol–water partition coefficient (Wildman–Crippen LogP) is 3.71. The second kappa shape index (κ2) is 6.59. The molecule has 2 nitrogen and oxygen atoms in total. The first-order chi connectivity index (χ1) is 9.52. The van der Waals surface area contributed by atoms with E-state index in [9.17, 15) is 13.2 Å². The summed E-state index contributed by atoms with van der Waals surface area (Å²) in [4.78, 5) is 2.11. The van der Waals surface area contributed by atoms with Crippen LogP contribution in [-0.2, 0) is 17.5 Å². The van der Waals surface area contributed by atoms with E-state index in [2.05, 4.69) is 4.90 Å². The smallest absolute Gasteiger partial charge is 0.383 e. The molecule has 1 saturated heterocycles. The van der Waals surface area contributed by atoms with Crippen LogP contribution in [-0.4, -0.2) is 31.2 Å². The fraction of sp³-hybridized carbons (Fsp3) is 0.600. The highest BCUT2D eigenvalue weighted by Crippen LogP contribution is 2.33. The summed E-state index contributed by atoms with van der Waals surface area (Å²) < 4.78 is 44.2. The largest absolute Gasteiger partial charge is 0.416 e.